The third-order valence-electron chi connectivity index (χ3n) is 3.50. The molecule has 0 amide bonds. The van der Waals surface area contributed by atoms with Crippen molar-refractivity contribution in [3.05, 3.63) is 35.4 Å². The molecule has 0 saturated heterocycles. The molecule has 2 N–H and O–H groups in total. The number of hydrogen-bond donors (Lipinski definition) is 1. The Hall–Kier alpha value is -0.860. The van der Waals surface area contributed by atoms with Gasteiger partial charge in [0.2, 0.25) is 0 Å². The van der Waals surface area contributed by atoms with E-state index in [1.807, 2.05) is 0 Å². The number of fused-ring (bicyclic) bond motifs is 1. The van der Waals surface area contributed by atoms with Gasteiger partial charge < -0.3 is 10.5 Å². The van der Waals surface area contributed by atoms with E-state index < -0.39 is 0 Å². The molecule has 0 aromatic heterocycles. The van der Waals surface area contributed by atoms with Gasteiger partial charge in [-0.05, 0) is 36.3 Å². The third kappa shape index (κ3) is 3.08. The molecule has 94 valence electrons. The van der Waals surface area contributed by atoms with Crippen LogP contribution in [0, 0.1) is 5.92 Å². The standard InChI is InChI=1S/C15H23NO/c1-11(2)7-8-14(16)15-13-6-4-3-5-12(13)9-10-17-15/h3-6,11,14-15H,7-10,16H2,1-2H3. The maximum absolute atomic E-state index is 6.29. The molecule has 2 unspecified atom stereocenters. The lowest BCUT2D eigenvalue weighted by Crippen LogP contribution is -2.34. The molecule has 17 heavy (non-hydrogen) atoms. The molecule has 1 aromatic carbocycles. The number of benzene rings is 1. The summed E-state index contributed by atoms with van der Waals surface area (Å²) in [5.74, 6) is 0.708. The molecule has 0 spiro atoms. The van der Waals surface area contributed by atoms with Crippen LogP contribution in [0.2, 0.25) is 0 Å². The largest absolute Gasteiger partial charge is 0.372 e. The normalized spacial score (nSPS) is 21.3. The fraction of sp³-hybridized carbons (Fsp3) is 0.600. The van der Waals surface area contributed by atoms with Crippen LogP contribution in [-0.4, -0.2) is 12.6 Å². The molecule has 2 rings (SSSR count). The highest BCUT2D eigenvalue weighted by Crippen LogP contribution is 2.30. The van der Waals surface area contributed by atoms with Crippen LogP contribution < -0.4 is 5.73 Å². The lowest BCUT2D eigenvalue weighted by Gasteiger charge is -2.30. The van der Waals surface area contributed by atoms with Gasteiger partial charge in [-0.15, -0.1) is 0 Å². The monoisotopic (exact) mass is 233 g/mol. The van der Waals surface area contributed by atoms with Crippen LogP contribution in [0.25, 0.3) is 0 Å². The van der Waals surface area contributed by atoms with E-state index in [-0.39, 0.29) is 12.1 Å². The maximum atomic E-state index is 6.29. The Morgan fingerprint density at radius 2 is 2.06 bits per heavy atom. The summed E-state index contributed by atoms with van der Waals surface area (Å²) in [6, 6.07) is 8.66. The van der Waals surface area contributed by atoms with E-state index in [4.69, 9.17) is 10.5 Å². The summed E-state index contributed by atoms with van der Waals surface area (Å²) in [4.78, 5) is 0. The fourth-order valence-corrected chi connectivity index (χ4v) is 2.46. The number of rotatable bonds is 4. The SMILES string of the molecule is CC(C)CCC(N)C1OCCc2ccccc21. The first-order chi connectivity index (χ1) is 8.18. The van der Waals surface area contributed by atoms with Crippen LogP contribution in [0.3, 0.4) is 0 Å². The van der Waals surface area contributed by atoms with E-state index >= 15 is 0 Å². The van der Waals surface area contributed by atoms with Crippen molar-refractivity contribution >= 4 is 0 Å². The van der Waals surface area contributed by atoms with Crippen LogP contribution >= 0.6 is 0 Å². The van der Waals surface area contributed by atoms with Gasteiger partial charge in [-0.3, -0.25) is 0 Å². The molecule has 2 nitrogen and oxygen atoms in total. The first kappa shape index (κ1) is 12.6. The zero-order valence-electron chi connectivity index (χ0n) is 10.9. The van der Waals surface area contributed by atoms with Gasteiger partial charge in [0.25, 0.3) is 0 Å². The van der Waals surface area contributed by atoms with E-state index in [9.17, 15) is 0 Å². The van der Waals surface area contributed by atoms with E-state index in [0.717, 1.165) is 19.4 Å². The highest BCUT2D eigenvalue weighted by atomic mass is 16.5. The van der Waals surface area contributed by atoms with Gasteiger partial charge in [0, 0.05) is 6.04 Å². The fourth-order valence-electron chi connectivity index (χ4n) is 2.46. The van der Waals surface area contributed by atoms with Crippen molar-refractivity contribution in [2.24, 2.45) is 11.7 Å². The van der Waals surface area contributed by atoms with E-state index in [2.05, 4.69) is 38.1 Å². The van der Waals surface area contributed by atoms with Crippen LogP contribution in [0.5, 0.6) is 0 Å². The molecule has 0 saturated carbocycles. The van der Waals surface area contributed by atoms with Crippen LogP contribution in [0.1, 0.15) is 43.9 Å². The van der Waals surface area contributed by atoms with Crippen LogP contribution in [0.4, 0.5) is 0 Å². The molecule has 0 radical (unpaired) electrons. The average molecular weight is 233 g/mol. The molecule has 0 fully saturated rings. The Morgan fingerprint density at radius 3 is 2.82 bits per heavy atom. The Morgan fingerprint density at radius 1 is 1.29 bits per heavy atom. The topological polar surface area (TPSA) is 35.2 Å². The summed E-state index contributed by atoms with van der Waals surface area (Å²) in [5, 5.41) is 0. The van der Waals surface area contributed by atoms with Gasteiger partial charge in [0.1, 0.15) is 0 Å². The number of nitrogens with two attached hydrogens (primary N) is 1. The van der Waals surface area contributed by atoms with Gasteiger partial charge in [-0.25, -0.2) is 0 Å². The second-order valence-electron chi connectivity index (χ2n) is 5.38. The summed E-state index contributed by atoms with van der Waals surface area (Å²) >= 11 is 0. The molecular weight excluding hydrogens is 210 g/mol. The predicted octanol–water partition coefficient (Wildman–Crippen LogP) is 3.06. The van der Waals surface area contributed by atoms with Crippen molar-refractivity contribution < 1.29 is 4.74 Å². The summed E-state index contributed by atoms with van der Waals surface area (Å²) in [6.07, 6.45) is 3.32. The van der Waals surface area contributed by atoms with Crippen molar-refractivity contribution in [3.63, 3.8) is 0 Å². The second-order valence-corrected chi connectivity index (χ2v) is 5.38. The van der Waals surface area contributed by atoms with Gasteiger partial charge in [-0.2, -0.15) is 0 Å². The van der Waals surface area contributed by atoms with Gasteiger partial charge >= 0.3 is 0 Å². The smallest absolute Gasteiger partial charge is 0.0978 e. The zero-order valence-corrected chi connectivity index (χ0v) is 10.9. The molecule has 0 bridgehead atoms. The van der Waals surface area contributed by atoms with Gasteiger partial charge in [0.05, 0.1) is 12.7 Å². The molecule has 1 aliphatic heterocycles. The van der Waals surface area contributed by atoms with Crippen molar-refractivity contribution in [3.8, 4) is 0 Å². The lowest BCUT2D eigenvalue weighted by molar-refractivity contribution is 0.0216. The molecule has 1 aromatic rings. The summed E-state index contributed by atoms with van der Waals surface area (Å²) in [7, 11) is 0. The Bertz CT molecular complexity index is 362. The van der Waals surface area contributed by atoms with E-state index in [1.54, 1.807) is 0 Å². The highest BCUT2D eigenvalue weighted by Gasteiger charge is 2.25. The lowest BCUT2D eigenvalue weighted by atomic mass is 9.90. The van der Waals surface area contributed by atoms with Crippen LogP contribution in [0.15, 0.2) is 24.3 Å². The summed E-state index contributed by atoms with van der Waals surface area (Å²) < 4.78 is 5.87. The minimum absolute atomic E-state index is 0.0960. The van der Waals surface area contributed by atoms with Crippen molar-refractivity contribution in [1.82, 2.24) is 0 Å². The quantitative estimate of drug-likeness (QED) is 0.867. The number of ether oxygens (including phenoxy) is 1. The molecular formula is C15H23NO. The Kier molecular flexibility index (Phi) is 4.19. The summed E-state index contributed by atoms with van der Waals surface area (Å²) in [5.41, 5.74) is 8.99. The second kappa shape index (κ2) is 5.65. The first-order valence-electron chi connectivity index (χ1n) is 6.63. The van der Waals surface area contributed by atoms with Gasteiger partial charge in [0.15, 0.2) is 0 Å². The van der Waals surface area contributed by atoms with Crippen molar-refractivity contribution in [2.45, 2.75) is 45.3 Å². The molecule has 1 heterocycles. The van der Waals surface area contributed by atoms with Crippen molar-refractivity contribution in [2.75, 3.05) is 6.61 Å². The Labute approximate surface area is 104 Å². The average Bonchev–Trinajstić information content (AvgIpc) is 2.35. The predicted molar refractivity (Wildman–Crippen MR) is 70.9 cm³/mol. The first-order valence-corrected chi connectivity index (χ1v) is 6.63. The van der Waals surface area contributed by atoms with Gasteiger partial charge in [-0.1, -0.05) is 38.1 Å². The van der Waals surface area contributed by atoms with Crippen molar-refractivity contribution in [1.29, 1.82) is 0 Å². The molecule has 2 heteroatoms. The maximum Gasteiger partial charge on any atom is 0.0978 e. The minimum Gasteiger partial charge on any atom is -0.372 e. The third-order valence-corrected chi connectivity index (χ3v) is 3.50. The highest BCUT2D eigenvalue weighted by molar-refractivity contribution is 5.31. The van der Waals surface area contributed by atoms with Crippen LogP contribution in [-0.2, 0) is 11.2 Å². The van der Waals surface area contributed by atoms with E-state index in [0.29, 0.717) is 5.92 Å². The number of hydrogen-bond acceptors (Lipinski definition) is 2. The molecule has 1 aliphatic rings. The zero-order chi connectivity index (χ0) is 12.3. The molecule has 2 atom stereocenters. The van der Waals surface area contributed by atoms with E-state index in [1.165, 1.54) is 17.5 Å². The Balaban J connectivity index is 2.07. The molecule has 0 aliphatic carbocycles. The summed E-state index contributed by atoms with van der Waals surface area (Å²) in [6.45, 7) is 5.28. The minimum atomic E-state index is 0.0960.